The Balaban J connectivity index is 2.58. The third-order valence-electron chi connectivity index (χ3n) is 2.25. The zero-order chi connectivity index (χ0) is 8.43. The summed E-state index contributed by atoms with van der Waals surface area (Å²) in [7, 11) is 0.703. The molecule has 1 saturated heterocycles. The van der Waals surface area contributed by atoms with Crippen molar-refractivity contribution < 1.29 is 9.90 Å². The predicted octanol–water partition coefficient (Wildman–Crippen LogP) is -3.01. The van der Waals surface area contributed by atoms with Crippen LogP contribution in [0.2, 0.25) is 0 Å². The van der Waals surface area contributed by atoms with Crippen molar-refractivity contribution in [3.63, 3.8) is 0 Å². The number of aliphatic hydroxyl groups excluding tert-OH is 1. The SMILES string of the molecule is NC(=O)[C@@H]1CNC[C@H]1[C@H](O)[SiH3]. The second kappa shape index (κ2) is 3.34. The van der Waals surface area contributed by atoms with E-state index >= 15 is 0 Å². The van der Waals surface area contributed by atoms with E-state index in [0.29, 0.717) is 16.8 Å². The highest BCUT2D eigenvalue weighted by atomic mass is 28.1. The molecule has 11 heavy (non-hydrogen) atoms. The second-order valence-electron chi connectivity index (χ2n) is 3.07. The molecule has 3 atom stereocenters. The van der Waals surface area contributed by atoms with E-state index in [0.717, 1.165) is 6.54 Å². The van der Waals surface area contributed by atoms with Gasteiger partial charge in [0, 0.05) is 35.0 Å². The van der Waals surface area contributed by atoms with Crippen molar-refractivity contribution in [1.82, 2.24) is 5.32 Å². The Labute approximate surface area is 68.6 Å². The maximum absolute atomic E-state index is 10.8. The Morgan fingerprint density at radius 1 is 1.73 bits per heavy atom. The minimum Gasteiger partial charge on any atom is -0.397 e. The van der Waals surface area contributed by atoms with Crippen LogP contribution in [0.5, 0.6) is 0 Å². The quantitative estimate of drug-likeness (QED) is 0.390. The molecule has 0 radical (unpaired) electrons. The Kier molecular flexibility index (Phi) is 2.64. The van der Waals surface area contributed by atoms with Crippen LogP contribution in [0.1, 0.15) is 0 Å². The Morgan fingerprint density at radius 2 is 2.36 bits per heavy atom. The lowest BCUT2D eigenvalue weighted by atomic mass is 9.96. The molecule has 0 unspecified atom stereocenters. The summed E-state index contributed by atoms with van der Waals surface area (Å²) in [6.45, 7) is 1.34. The molecule has 1 aliphatic rings. The van der Waals surface area contributed by atoms with Crippen molar-refractivity contribution in [3.8, 4) is 0 Å². The first kappa shape index (κ1) is 8.70. The molecule has 0 aromatic heterocycles. The molecule has 1 fully saturated rings. The fraction of sp³-hybridized carbons (Fsp3) is 0.833. The predicted molar refractivity (Wildman–Crippen MR) is 45.0 cm³/mol. The van der Waals surface area contributed by atoms with Gasteiger partial charge in [-0.1, -0.05) is 0 Å². The molecular formula is C6H14N2O2Si. The van der Waals surface area contributed by atoms with E-state index in [9.17, 15) is 9.90 Å². The molecule has 64 valence electrons. The largest absolute Gasteiger partial charge is 0.397 e. The molecule has 0 bridgehead atoms. The van der Waals surface area contributed by atoms with Gasteiger partial charge >= 0.3 is 0 Å². The molecule has 0 aliphatic carbocycles. The second-order valence-corrected chi connectivity index (χ2v) is 4.25. The summed E-state index contributed by atoms with van der Waals surface area (Å²) < 4.78 is 0. The van der Waals surface area contributed by atoms with E-state index < -0.39 is 0 Å². The van der Waals surface area contributed by atoms with E-state index in [1.54, 1.807) is 0 Å². The van der Waals surface area contributed by atoms with Gasteiger partial charge in [-0.2, -0.15) is 0 Å². The van der Waals surface area contributed by atoms with Crippen LogP contribution < -0.4 is 11.1 Å². The van der Waals surface area contributed by atoms with E-state index in [-0.39, 0.29) is 23.5 Å². The van der Waals surface area contributed by atoms with Crippen molar-refractivity contribution in [2.24, 2.45) is 17.6 Å². The molecule has 0 spiro atoms. The van der Waals surface area contributed by atoms with Crippen LogP contribution >= 0.6 is 0 Å². The van der Waals surface area contributed by atoms with Crippen LogP contribution in [0.25, 0.3) is 0 Å². The summed E-state index contributed by atoms with van der Waals surface area (Å²) in [4.78, 5) is 10.8. The van der Waals surface area contributed by atoms with Crippen molar-refractivity contribution in [2.75, 3.05) is 13.1 Å². The first-order valence-corrected chi connectivity index (χ1v) is 4.96. The van der Waals surface area contributed by atoms with Gasteiger partial charge in [-0.3, -0.25) is 4.79 Å². The molecule has 0 aromatic rings. The summed E-state index contributed by atoms with van der Waals surface area (Å²) in [5.41, 5.74) is 4.83. The number of nitrogens with two attached hydrogens (primary N) is 1. The molecule has 5 heteroatoms. The summed E-state index contributed by atoms with van der Waals surface area (Å²) in [6, 6.07) is 0. The number of amides is 1. The van der Waals surface area contributed by atoms with Gasteiger partial charge in [0.25, 0.3) is 0 Å². The first-order chi connectivity index (χ1) is 5.13. The number of rotatable bonds is 2. The lowest BCUT2D eigenvalue weighted by Gasteiger charge is -2.17. The monoisotopic (exact) mass is 174 g/mol. The zero-order valence-corrected chi connectivity index (χ0v) is 8.58. The van der Waals surface area contributed by atoms with Gasteiger partial charge in [0.2, 0.25) is 5.91 Å². The highest BCUT2D eigenvalue weighted by molar-refractivity contribution is 6.11. The Bertz CT molecular complexity index is 163. The number of carbonyl (C=O) groups excluding carboxylic acids is 1. The molecule has 4 nitrogen and oxygen atoms in total. The number of primary amides is 1. The molecule has 0 aromatic carbocycles. The van der Waals surface area contributed by atoms with Crippen LogP contribution in [-0.2, 0) is 4.79 Å². The fourth-order valence-electron chi connectivity index (χ4n) is 1.52. The Hall–Kier alpha value is -0.393. The lowest BCUT2D eigenvalue weighted by molar-refractivity contribution is -0.123. The number of hydrogen-bond acceptors (Lipinski definition) is 3. The maximum Gasteiger partial charge on any atom is 0.222 e. The zero-order valence-electron chi connectivity index (χ0n) is 6.58. The van der Waals surface area contributed by atoms with Crippen molar-refractivity contribution in [3.05, 3.63) is 0 Å². The van der Waals surface area contributed by atoms with Crippen LogP contribution in [-0.4, -0.2) is 40.1 Å². The minimum atomic E-state index is -0.317. The van der Waals surface area contributed by atoms with E-state index in [1.807, 2.05) is 0 Å². The third kappa shape index (κ3) is 1.79. The Morgan fingerprint density at radius 3 is 2.73 bits per heavy atom. The van der Waals surface area contributed by atoms with Gasteiger partial charge < -0.3 is 16.2 Å². The number of hydrogen-bond donors (Lipinski definition) is 3. The topological polar surface area (TPSA) is 75.4 Å². The van der Waals surface area contributed by atoms with Gasteiger partial charge in [0.15, 0.2) is 0 Å². The summed E-state index contributed by atoms with van der Waals surface area (Å²) >= 11 is 0. The van der Waals surface area contributed by atoms with Gasteiger partial charge in [0.05, 0.1) is 5.92 Å². The van der Waals surface area contributed by atoms with E-state index in [2.05, 4.69) is 5.32 Å². The average molecular weight is 174 g/mol. The normalized spacial score (nSPS) is 33.9. The third-order valence-corrected chi connectivity index (χ3v) is 3.10. The molecule has 0 saturated carbocycles. The van der Waals surface area contributed by atoms with Crippen LogP contribution in [0.4, 0.5) is 0 Å². The summed E-state index contributed by atoms with van der Waals surface area (Å²) in [5.74, 6) is -0.406. The smallest absolute Gasteiger partial charge is 0.222 e. The molecule has 1 amide bonds. The highest BCUT2D eigenvalue weighted by Crippen LogP contribution is 2.18. The summed E-state index contributed by atoms with van der Waals surface area (Å²) in [5, 5.41) is 12.3. The fourth-order valence-corrected chi connectivity index (χ4v) is 2.22. The molecule has 1 heterocycles. The van der Waals surface area contributed by atoms with Crippen LogP contribution in [0.3, 0.4) is 0 Å². The van der Waals surface area contributed by atoms with Gasteiger partial charge in [-0.25, -0.2) is 0 Å². The standard InChI is InChI=1S/C6H14N2O2Si/c7-5(9)3-1-8-2-4(3)6(10)11/h3-4,6,8,10H,1-2H2,11H3,(H2,7,9)/t3-,4-,6-/m1/s1. The minimum absolute atomic E-state index is 0.0548. The lowest BCUT2D eigenvalue weighted by Crippen LogP contribution is -2.35. The summed E-state index contributed by atoms with van der Waals surface area (Å²) in [6.07, 6.45) is 0. The average Bonchev–Trinajstić information content (AvgIpc) is 2.32. The maximum atomic E-state index is 10.8. The number of nitrogens with one attached hydrogen (secondary N) is 1. The molecule has 1 rings (SSSR count). The molecule has 1 aliphatic heterocycles. The van der Waals surface area contributed by atoms with Gasteiger partial charge in [-0.05, 0) is 0 Å². The number of aliphatic hydroxyl groups is 1. The van der Waals surface area contributed by atoms with E-state index in [4.69, 9.17) is 5.73 Å². The van der Waals surface area contributed by atoms with Crippen molar-refractivity contribution >= 4 is 16.1 Å². The molecular weight excluding hydrogens is 160 g/mol. The highest BCUT2D eigenvalue weighted by Gasteiger charge is 2.33. The van der Waals surface area contributed by atoms with Crippen molar-refractivity contribution in [2.45, 2.75) is 5.73 Å². The van der Waals surface area contributed by atoms with Crippen molar-refractivity contribution in [1.29, 1.82) is 0 Å². The van der Waals surface area contributed by atoms with Crippen LogP contribution in [0.15, 0.2) is 0 Å². The van der Waals surface area contributed by atoms with Gasteiger partial charge in [0.1, 0.15) is 0 Å². The van der Waals surface area contributed by atoms with E-state index in [1.165, 1.54) is 0 Å². The number of carbonyl (C=O) groups is 1. The molecule has 4 N–H and O–H groups in total. The van der Waals surface area contributed by atoms with Crippen LogP contribution in [0, 0.1) is 11.8 Å². The first-order valence-electron chi connectivity index (χ1n) is 3.81. The van der Waals surface area contributed by atoms with Gasteiger partial charge in [-0.15, -0.1) is 0 Å².